The van der Waals surface area contributed by atoms with Gasteiger partial charge < -0.3 is 4.90 Å². The molecule has 50 valence electrons. The molecule has 0 aliphatic carbocycles. The van der Waals surface area contributed by atoms with Gasteiger partial charge >= 0.3 is 0 Å². The predicted molar refractivity (Wildman–Crippen MR) is 33.9 cm³/mol. The first-order valence-corrected chi connectivity index (χ1v) is 2.74. The summed E-state index contributed by atoms with van der Waals surface area (Å²) < 4.78 is 0. The third kappa shape index (κ3) is 1.19. The number of hydrogen-bond donors (Lipinski definition) is 1. The third-order valence-corrected chi connectivity index (χ3v) is 1.28. The lowest BCUT2D eigenvalue weighted by atomic mass is 10.4. The zero-order valence-electron chi connectivity index (χ0n) is 5.51. The molecule has 1 amide bonds. The zero-order valence-corrected chi connectivity index (χ0v) is 5.51. The first-order valence-electron chi connectivity index (χ1n) is 2.74. The summed E-state index contributed by atoms with van der Waals surface area (Å²) in [7, 11) is 1.83. The third-order valence-electron chi connectivity index (χ3n) is 1.28. The van der Waals surface area contributed by atoms with Gasteiger partial charge in [0.05, 0.1) is 6.54 Å². The van der Waals surface area contributed by atoms with Crippen LogP contribution in [-0.4, -0.2) is 30.2 Å². The van der Waals surface area contributed by atoms with E-state index in [1.165, 1.54) is 0 Å². The summed E-state index contributed by atoms with van der Waals surface area (Å²) in [6.45, 7) is 2.26. The van der Waals surface area contributed by atoms with Crippen LogP contribution in [0.4, 0.5) is 0 Å². The number of rotatable bonds is 0. The number of hydrazone groups is 1. The van der Waals surface area contributed by atoms with Crippen molar-refractivity contribution in [1.82, 2.24) is 10.3 Å². The van der Waals surface area contributed by atoms with Gasteiger partial charge in [-0.05, 0) is 6.92 Å². The van der Waals surface area contributed by atoms with Crippen molar-refractivity contribution in [3.05, 3.63) is 0 Å². The van der Waals surface area contributed by atoms with Crippen molar-refractivity contribution in [2.75, 3.05) is 13.6 Å². The Labute approximate surface area is 53.5 Å². The van der Waals surface area contributed by atoms with Crippen molar-refractivity contribution in [2.45, 2.75) is 6.92 Å². The number of amides is 1. The maximum absolute atomic E-state index is 10.6. The maximum Gasteiger partial charge on any atom is 0.259 e. The van der Waals surface area contributed by atoms with Gasteiger partial charge in [0.25, 0.3) is 5.91 Å². The summed E-state index contributed by atoms with van der Waals surface area (Å²) in [6.07, 6.45) is 0. The largest absolute Gasteiger partial charge is 0.353 e. The molecule has 0 radical (unpaired) electrons. The maximum atomic E-state index is 10.6. The molecule has 0 aromatic rings. The summed E-state index contributed by atoms with van der Waals surface area (Å²) in [5.74, 6) is 0.790. The Hall–Kier alpha value is -1.06. The highest BCUT2D eigenvalue weighted by Gasteiger charge is 2.11. The molecule has 0 spiro atoms. The van der Waals surface area contributed by atoms with Gasteiger partial charge in [0.15, 0.2) is 0 Å². The predicted octanol–water partition coefficient (Wildman–Crippen LogP) is -0.619. The zero-order chi connectivity index (χ0) is 6.85. The molecule has 0 aromatic heterocycles. The Balaban J connectivity index is 2.67. The van der Waals surface area contributed by atoms with E-state index in [-0.39, 0.29) is 5.91 Å². The Morgan fingerprint density at radius 3 is 2.89 bits per heavy atom. The van der Waals surface area contributed by atoms with Crippen molar-refractivity contribution in [3.63, 3.8) is 0 Å². The molecule has 1 heterocycles. The normalized spacial score (nSPS) is 19.1. The van der Waals surface area contributed by atoms with E-state index in [2.05, 4.69) is 10.5 Å². The van der Waals surface area contributed by atoms with Gasteiger partial charge in [0, 0.05) is 7.05 Å². The van der Waals surface area contributed by atoms with E-state index in [4.69, 9.17) is 0 Å². The molecule has 0 fully saturated rings. The molecule has 9 heavy (non-hydrogen) atoms. The second-order valence-corrected chi connectivity index (χ2v) is 2.05. The number of carbonyl (C=O) groups is 1. The highest BCUT2D eigenvalue weighted by Crippen LogP contribution is 1.90. The van der Waals surface area contributed by atoms with Crippen LogP contribution in [0.15, 0.2) is 5.10 Å². The van der Waals surface area contributed by atoms with Crippen LogP contribution in [0, 0.1) is 0 Å². The van der Waals surface area contributed by atoms with Gasteiger partial charge in [-0.1, -0.05) is 0 Å². The van der Waals surface area contributed by atoms with Crippen LogP contribution < -0.4 is 5.43 Å². The van der Waals surface area contributed by atoms with Crippen LogP contribution in [0.3, 0.4) is 0 Å². The average Bonchev–Trinajstić information content (AvgIpc) is 1.80. The second-order valence-electron chi connectivity index (χ2n) is 2.05. The highest BCUT2D eigenvalue weighted by atomic mass is 16.2. The molecule has 4 nitrogen and oxygen atoms in total. The Kier molecular flexibility index (Phi) is 1.38. The van der Waals surface area contributed by atoms with E-state index >= 15 is 0 Å². The monoisotopic (exact) mass is 127 g/mol. The van der Waals surface area contributed by atoms with Crippen LogP contribution >= 0.6 is 0 Å². The van der Waals surface area contributed by atoms with Crippen molar-refractivity contribution >= 4 is 11.7 Å². The van der Waals surface area contributed by atoms with Crippen LogP contribution in [0.25, 0.3) is 0 Å². The number of carbonyl (C=O) groups excluding carboxylic acids is 1. The van der Waals surface area contributed by atoms with E-state index in [0.29, 0.717) is 6.54 Å². The highest BCUT2D eigenvalue weighted by molar-refractivity contribution is 5.90. The quantitative estimate of drug-likeness (QED) is 0.471. The summed E-state index contributed by atoms with van der Waals surface area (Å²) in [5, 5.41) is 3.73. The lowest BCUT2D eigenvalue weighted by Gasteiger charge is -2.21. The van der Waals surface area contributed by atoms with Crippen LogP contribution in [0.1, 0.15) is 6.92 Å². The topological polar surface area (TPSA) is 44.7 Å². The van der Waals surface area contributed by atoms with E-state index in [1.54, 1.807) is 4.90 Å². The summed E-state index contributed by atoms with van der Waals surface area (Å²) in [5.41, 5.74) is 2.37. The fraction of sp³-hybridized carbons (Fsp3) is 0.600. The molecule has 0 bridgehead atoms. The van der Waals surface area contributed by atoms with Gasteiger partial charge in [-0.15, -0.1) is 0 Å². The van der Waals surface area contributed by atoms with Gasteiger partial charge in [0.1, 0.15) is 5.84 Å². The van der Waals surface area contributed by atoms with Crippen LogP contribution in [0.5, 0.6) is 0 Å². The first-order chi connectivity index (χ1) is 4.20. The number of hydrogen-bond acceptors (Lipinski definition) is 3. The SMILES string of the molecule is CC1=NNC(=O)CN1C. The first kappa shape index (κ1) is 6.07. The molecule has 4 heteroatoms. The van der Waals surface area contributed by atoms with Crippen molar-refractivity contribution in [2.24, 2.45) is 5.10 Å². The molecular weight excluding hydrogens is 118 g/mol. The van der Waals surface area contributed by atoms with Crippen molar-refractivity contribution in [1.29, 1.82) is 0 Å². The fourth-order valence-corrected chi connectivity index (χ4v) is 0.594. The summed E-state index contributed by atoms with van der Waals surface area (Å²) in [4.78, 5) is 12.3. The number of amidine groups is 1. The van der Waals surface area contributed by atoms with Gasteiger partial charge in [-0.25, -0.2) is 5.43 Å². The lowest BCUT2D eigenvalue weighted by molar-refractivity contribution is -0.121. The van der Waals surface area contributed by atoms with Gasteiger partial charge in [-0.3, -0.25) is 4.79 Å². The Morgan fingerprint density at radius 2 is 2.44 bits per heavy atom. The fourth-order valence-electron chi connectivity index (χ4n) is 0.594. The molecule has 0 saturated heterocycles. The molecule has 0 atom stereocenters. The minimum absolute atomic E-state index is 0.0527. The van der Waals surface area contributed by atoms with E-state index in [1.807, 2.05) is 14.0 Å². The van der Waals surface area contributed by atoms with Crippen LogP contribution in [0.2, 0.25) is 0 Å². The lowest BCUT2D eigenvalue weighted by Crippen LogP contribution is -2.41. The van der Waals surface area contributed by atoms with Gasteiger partial charge in [-0.2, -0.15) is 5.10 Å². The van der Waals surface area contributed by atoms with Gasteiger partial charge in [0.2, 0.25) is 0 Å². The molecule has 0 unspecified atom stereocenters. The average molecular weight is 127 g/mol. The van der Waals surface area contributed by atoms with E-state index < -0.39 is 0 Å². The molecule has 1 aliphatic rings. The van der Waals surface area contributed by atoms with E-state index in [0.717, 1.165) is 5.84 Å². The number of nitrogens with zero attached hydrogens (tertiary/aromatic N) is 2. The molecule has 1 N–H and O–H groups in total. The minimum atomic E-state index is -0.0527. The number of nitrogens with one attached hydrogen (secondary N) is 1. The molecule has 0 aromatic carbocycles. The molecular formula is C5H9N3O. The van der Waals surface area contributed by atoms with Crippen LogP contribution in [-0.2, 0) is 4.79 Å². The van der Waals surface area contributed by atoms with Crippen molar-refractivity contribution in [3.8, 4) is 0 Å². The molecule has 1 rings (SSSR count). The van der Waals surface area contributed by atoms with Crippen molar-refractivity contribution < 1.29 is 4.79 Å². The standard InChI is InChI=1S/C5H9N3O/c1-4-6-7-5(9)3-8(4)2/h3H2,1-2H3,(H,7,9). The molecule has 0 saturated carbocycles. The Morgan fingerprint density at radius 1 is 1.78 bits per heavy atom. The minimum Gasteiger partial charge on any atom is -0.353 e. The Bertz CT molecular complexity index is 164. The summed E-state index contributed by atoms with van der Waals surface area (Å²) >= 11 is 0. The number of likely N-dealkylation sites (N-methyl/N-ethyl adjacent to an activating group) is 1. The second kappa shape index (κ2) is 2.05. The molecule has 1 aliphatic heterocycles. The summed E-state index contributed by atoms with van der Waals surface area (Å²) in [6, 6.07) is 0. The smallest absolute Gasteiger partial charge is 0.259 e. The van der Waals surface area contributed by atoms with E-state index in [9.17, 15) is 4.79 Å².